The van der Waals surface area contributed by atoms with E-state index in [1.54, 1.807) is 12.1 Å². The van der Waals surface area contributed by atoms with Gasteiger partial charge in [0.05, 0.1) is 6.04 Å². The molecular weight excluding hydrogens is 374 g/mol. The maximum Gasteiger partial charge on any atom is 0.264 e. The van der Waals surface area contributed by atoms with Crippen LogP contribution < -0.4 is 10.6 Å². The molecule has 3 aromatic carbocycles. The van der Waals surface area contributed by atoms with Gasteiger partial charge in [-0.1, -0.05) is 72.8 Å². The molecular formula is C25H23N3O2. The molecule has 0 heterocycles. The normalized spacial score (nSPS) is 11.0. The summed E-state index contributed by atoms with van der Waals surface area (Å²) >= 11 is 0. The molecule has 30 heavy (non-hydrogen) atoms. The van der Waals surface area contributed by atoms with Crippen LogP contribution in [-0.2, 0) is 11.2 Å². The zero-order valence-corrected chi connectivity index (χ0v) is 16.5. The van der Waals surface area contributed by atoms with Crippen molar-refractivity contribution in [2.24, 2.45) is 0 Å². The topological polar surface area (TPSA) is 85.2 Å². The van der Waals surface area contributed by atoms with E-state index in [4.69, 9.17) is 0 Å². The summed E-state index contributed by atoms with van der Waals surface area (Å²) < 4.78 is 0. The fraction of sp³-hybridized carbons (Fsp3) is 0.120. The number of hydrogen-bond donors (Lipinski definition) is 3. The fourth-order valence-corrected chi connectivity index (χ4v) is 3.06. The number of phenols is 1. The summed E-state index contributed by atoms with van der Waals surface area (Å²) in [6.45, 7) is 0.560. The first kappa shape index (κ1) is 20.7. The lowest BCUT2D eigenvalue weighted by atomic mass is 9.98. The van der Waals surface area contributed by atoms with Gasteiger partial charge in [-0.3, -0.25) is 4.79 Å². The zero-order chi connectivity index (χ0) is 21.2. The second kappa shape index (κ2) is 10.5. The quantitative estimate of drug-likeness (QED) is 0.306. The summed E-state index contributed by atoms with van der Waals surface area (Å²) in [5.74, 6) is -0.214. The van der Waals surface area contributed by atoms with Crippen LogP contribution in [0, 0.1) is 11.3 Å². The second-order valence-corrected chi connectivity index (χ2v) is 6.77. The molecule has 0 spiro atoms. The van der Waals surface area contributed by atoms with E-state index in [0.717, 1.165) is 16.7 Å². The van der Waals surface area contributed by atoms with Crippen molar-refractivity contribution < 1.29 is 9.90 Å². The Morgan fingerprint density at radius 1 is 0.933 bits per heavy atom. The number of nitrogens with one attached hydrogen (secondary N) is 2. The van der Waals surface area contributed by atoms with Crippen LogP contribution in [0.25, 0.3) is 0 Å². The standard InChI is InChI=1S/C25H23N3O2/c26-17-22(18-27-16-15-19-11-13-23(29)14-12-19)25(30)28-24(20-7-3-1-4-8-20)21-9-5-2-6-10-21/h1-14,18,24,27,29H,15-16H2,(H,28,30)/b22-18-. The van der Waals surface area contributed by atoms with E-state index < -0.39 is 5.91 Å². The molecule has 0 aliphatic rings. The number of nitriles is 1. The van der Waals surface area contributed by atoms with E-state index in [9.17, 15) is 15.2 Å². The maximum atomic E-state index is 12.8. The van der Waals surface area contributed by atoms with Crippen LogP contribution >= 0.6 is 0 Å². The lowest BCUT2D eigenvalue weighted by Crippen LogP contribution is -2.31. The Kier molecular flexibility index (Phi) is 7.23. The van der Waals surface area contributed by atoms with Crippen molar-refractivity contribution in [1.82, 2.24) is 10.6 Å². The summed E-state index contributed by atoms with van der Waals surface area (Å²) in [6.07, 6.45) is 2.15. The van der Waals surface area contributed by atoms with Gasteiger partial charge in [-0.25, -0.2) is 0 Å². The van der Waals surface area contributed by atoms with Gasteiger partial charge in [0, 0.05) is 12.7 Å². The van der Waals surface area contributed by atoms with Gasteiger partial charge in [-0.15, -0.1) is 0 Å². The summed E-state index contributed by atoms with van der Waals surface area (Å²) in [5, 5.41) is 24.8. The molecule has 0 atom stereocenters. The number of amides is 1. The van der Waals surface area contributed by atoms with Crippen molar-refractivity contribution in [2.45, 2.75) is 12.5 Å². The number of benzene rings is 3. The number of phenolic OH excluding ortho intramolecular Hbond substituents is 1. The van der Waals surface area contributed by atoms with Gasteiger partial charge in [-0.2, -0.15) is 5.26 Å². The molecule has 0 fully saturated rings. The summed E-state index contributed by atoms with van der Waals surface area (Å²) in [5.41, 5.74) is 2.94. The van der Waals surface area contributed by atoms with Gasteiger partial charge in [0.15, 0.2) is 0 Å². The number of nitrogens with zero attached hydrogens (tertiary/aromatic N) is 1. The van der Waals surface area contributed by atoms with Crippen molar-refractivity contribution in [2.75, 3.05) is 6.54 Å². The molecule has 3 rings (SSSR count). The largest absolute Gasteiger partial charge is 0.508 e. The minimum Gasteiger partial charge on any atom is -0.508 e. The molecule has 5 heteroatoms. The number of carbonyl (C=O) groups excluding carboxylic acids is 1. The van der Waals surface area contributed by atoms with Crippen LogP contribution in [0.3, 0.4) is 0 Å². The van der Waals surface area contributed by atoms with Gasteiger partial charge in [0.25, 0.3) is 5.91 Å². The van der Waals surface area contributed by atoms with E-state index in [1.807, 2.05) is 78.9 Å². The Hall–Kier alpha value is -4.04. The third-order valence-corrected chi connectivity index (χ3v) is 4.65. The van der Waals surface area contributed by atoms with E-state index in [2.05, 4.69) is 10.6 Å². The van der Waals surface area contributed by atoms with Crippen molar-refractivity contribution in [1.29, 1.82) is 5.26 Å². The highest BCUT2D eigenvalue weighted by Crippen LogP contribution is 2.22. The van der Waals surface area contributed by atoms with Crippen molar-refractivity contribution in [3.63, 3.8) is 0 Å². The number of hydrogen-bond acceptors (Lipinski definition) is 4. The molecule has 5 nitrogen and oxygen atoms in total. The van der Waals surface area contributed by atoms with Crippen molar-refractivity contribution >= 4 is 5.91 Å². The van der Waals surface area contributed by atoms with Crippen LogP contribution in [0.1, 0.15) is 22.7 Å². The lowest BCUT2D eigenvalue weighted by molar-refractivity contribution is -0.117. The summed E-state index contributed by atoms with van der Waals surface area (Å²) in [7, 11) is 0. The molecule has 0 saturated carbocycles. The third kappa shape index (κ3) is 5.73. The minimum atomic E-state index is -0.438. The van der Waals surface area contributed by atoms with E-state index in [-0.39, 0.29) is 17.4 Å². The Morgan fingerprint density at radius 3 is 2.03 bits per heavy atom. The van der Waals surface area contributed by atoms with Crippen molar-refractivity contribution in [3.8, 4) is 11.8 Å². The van der Waals surface area contributed by atoms with Crippen LogP contribution in [0.5, 0.6) is 5.75 Å². The van der Waals surface area contributed by atoms with Gasteiger partial charge in [0.2, 0.25) is 0 Å². The summed E-state index contributed by atoms with van der Waals surface area (Å²) in [4.78, 5) is 12.8. The van der Waals surface area contributed by atoms with Crippen LogP contribution in [0.2, 0.25) is 0 Å². The Labute approximate surface area is 176 Å². The lowest BCUT2D eigenvalue weighted by Gasteiger charge is -2.19. The molecule has 0 saturated heterocycles. The fourth-order valence-electron chi connectivity index (χ4n) is 3.06. The first-order chi connectivity index (χ1) is 14.7. The molecule has 0 unspecified atom stereocenters. The molecule has 1 amide bonds. The SMILES string of the molecule is N#C/C(=C/NCCc1ccc(O)cc1)C(=O)NC(c1ccccc1)c1ccccc1. The Bertz CT molecular complexity index is 984. The highest BCUT2D eigenvalue weighted by molar-refractivity contribution is 5.97. The Morgan fingerprint density at radius 2 is 1.50 bits per heavy atom. The highest BCUT2D eigenvalue weighted by atomic mass is 16.3. The highest BCUT2D eigenvalue weighted by Gasteiger charge is 2.19. The predicted molar refractivity (Wildman–Crippen MR) is 116 cm³/mol. The first-order valence-corrected chi connectivity index (χ1v) is 9.69. The number of aromatic hydroxyl groups is 1. The molecule has 0 aliphatic heterocycles. The monoisotopic (exact) mass is 397 g/mol. The smallest absolute Gasteiger partial charge is 0.264 e. The van der Waals surface area contributed by atoms with Crippen molar-refractivity contribution in [3.05, 3.63) is 113 Å². The summed E-state index contributed by atoms with van der Waals surface area (Å²) in [6, 6.07) is 27.9. The molecule has 0 radical (unpaired) electrons. The van der Waals surface area contributed by atoms with E-state index in [0.29, 0.717) is 13.0 Å². The number of carbonyl (C=O) groups is 1. The minimum absolute atomic E-state index is 0.0116. The molecule has 150 valence electrons. The number of rotatable bonds is 8. The second-order valence-electron chi connectivity index (χ2n) is 6.77. The average molecular weight is 397 g/mol. The van der Waals surface area contributed by atoms with Crippen LogP contribution in [-0.4, -0.2) is 17.6 Å². The molecule has 3 aromatic rings. The van der Waals surface area contributed by atoms with E-state index >= 15 is 0 Å². The third-order valence-electron chi connectivity index (χ3n) is 4.65. The molecule has 3 N–H and O–H groups in total. The molecule has 0 bridgehead atoms. The average Bonchev–Trinajstić information content (AvgIpc) is 2.79. The molecule has 0 aromatic heterocycles. The zero-order valence-electron chi connectivity index (χ0n) is 16.5. The predicted octanol–water partition coefficient (Wildman–Crippen LogP) is 3.84. The Balaban J connectivity index is 1.66. The maximum absolute atomic E-state index is 12.8. The van der Waals surface area contributed by atoms with Gasteiger partial charge in [-0.05, 0) is 35.2 Å². The van der Waals surface area contributed by atoms with Crippen LogP contribution in [0.4, 0.5) is 0 Å². The van der Waals surface area contributed by atoms with Crippen LogP contribution in [0.15, 0.2) is 96.7 Å². The first-order valence-electron chi connectivity index (χ1n) is 9.69. The van der Waals surface area contributed by atoms with Gasteiger partial charge < -0.3 is 15.7 Å². The van der Waals surface area contributed by atoms with E-state index in [1.165, 1.54) is 6.20 Å². The van der Waals surface area contributed by atoms with Gasteiger partial charge in [0.1, 0.15) is 17.4 Å². The molecule has 0 aliphatic carbocycles. The van der Waals surface area contributed by atoms with Gasteiger partial charge >= 0.3 is 0 Å².